The first-order chi connectivity index (χ1) is 11.0. The van der Waals surface area contributed by atoms with Gasteiger partial charge in [0.1, 0.15) is 5.75 Å². The molecule has 5 rings (SSSR count). The Hall–Kier alpha value is -1.55. The van der Waals surface area contributed by atoms with Gasteiger partial charge in [-0.25, -0.2) is 0 Å². The monoisotopic (exact) mass is 315 g/mol. The Balaban J connectivity index is 1.50. The zero-order chi connectivity index (χ0) is 16.1. The smallest absolute Gasteiger partial charge is 0.230 e. The summed E-state index contributed by atoms with van der Waals surface area (Å²) in [5.74, 6) is 1.95. The van der Waals surface area contributed by atoms with Crippen LogP contribution in [0.1, 0.15) is 45.4 Å². The highest BCUT2D eigenvalue weighted by molar-refractivity contribution is 5.95. The first kappa shape index (κ1) is 15.0. The van der Waals surface area contributed by atoms with Gasteiger partial charge in [-0.1, -0.05) is 0 Å². The summed E-state index contributed by atoms with van der Waals surface area (Å²) >= 11 is 0. The van der Waals surface area contributed by atoms with Crippen molar-refractivity contribution >= 4 is 11.6 Å². The number of aliphatic hydroxyl groups is 1. The summed E-state index contributed by atoms with van der Waals surface area (Å²) in [5.41, 5.74) is -0.154. The van der Waals surface area contributed by atoms with Gasteiger partial charge in [0.05, 0.1) is 17.6 Å². The molecular formula is C19H25NO3. The lowest BCUT2D eigenvalue weighted by Gasteiger charge is -2.59. The van der Waals surface area contributed by atoms with Crippen LogP contribution in [0.3, 0.4) is 0 Å². The van der Waals surface area contributed by atoms with Crippen LogP contribution < -0.4 is 10.1 Å². The summed E-state index contributed by atoms with van der Waals surface area (Å²) in [7, 11) is 0. The number of hydrogen-bond acceptors (Lipinski definition) is 3. The molecule has 4 nitrogen and oxygen atoms in total. The van der Waals surface area contributed by atoms with Gasteiger partial charge in [-0.2, -0.15) is 0 Å². The molecule has 124 valence electrons. The molecule has 4 bridgehead atoms. The summed E-state index contributed by atoms with van der Waals surface area (Å²) in [6.45, 7) is 2.59. The average molecular weight is 315 g/mol. The molecule has 0 aromatic heterocycles. The van der Waals surface area contributed by atoms with E-state index in [4.69, 9.17) is 4.74 Å². The Kier molecular flexibility index (Phi) is 3.41. The second kappa shape index (κ2) is 5.23. The van der Waals surface area contributed by atoms with E-state index in [0.717, 1.165) is 37.1 Å². The van der Waals surface area contributed by atoms with Gasteiger partial charge >= 0.3 is 0 Å². The van der Waals surface area contributed by atoms with Crippen LogP contribution in [0.4, 0.5) is 5.69 Å². The second-order valence-electron chi connectivity index (χ2n) is 7.88. The number of nitrogens with one attached hydrogen (secondary N) is 1. The molecule has 4 aliphatic rings. The Bertz CT molecular complexity index is 596. The van der Waals surface area contributed by atoms with E-state index in [1.807, 2.05) is 31.2 Å². The maximum atomic E-state index is 13.0. The van der Waals surface area contributed by atoms with Crippen molar-refractivity contribution in [1.82, 2.24) is 0 Å². The standard InChI is InChI=1S/C19H25NO3/c1-2-23-16-5-3-15(4-6-16)20-17(21)18-8-13-7-14(9-18)11-19(22,10-13)12-18/h3-6,13-14,22H,2,7-12H2,1H3,(H,20,21)/t13-,14-,18?,19?/m0/s1. The van der Waals surface area contributed by atoms with Crippen molar-refractivity contribution in [3.05, 3.63) is 24.3 Å². The third-order valence-corrected chi connectivity index (χ3v) is 5.94. The highest BCUT2D eigenvalue weighted by atomic mass is 16.5. The van der Waals surface area contributed by atoms with E-state index in [1.165, 1.54) is 6.42 Å². The third kappa shape index (κ3) is 2.63. The molecule has 1 aromatic rings. The predicted octanol–water partition coefficient (Wildman–Crippen LogP) is 3.36. The van der Waals surface area contributed by atoms with E-state index in [0.29, 0.717) is 24.9 Å². The summed E-state index contributed by atoms with van der Waals surface area (Å²) < 4.78 is 5.43. The van der Waals surface area contributed by atoms with Crippen molar-refractivity contribution in [1.29, 1.82) is 0 Å². The maximum Gasteiger partial charge on any atom is 0.230 e. The van der Waals surface area contributed by atoms with E-state index in [9.17, 15) is 9.90 Å². The molecule has 2 N–H and O–H groups in total. The molecule has 0 heterocycles. The van der Waals surface area contributed by atoms with Crippen molar-refractivity contribution in [2.75, 3.05) is 11.9 Å². The molecule has 4 saturated carbocycles. The van der Waals surface area contributed by atoms with Crippen LogP contribution in [-0.2, 0) is 4.79 Å². The molecule has 2 atom stereocenters. The van der Waals surface area contributed by atoms with Crippen molar-refractivity contribution in [3.8, 4) is 5.75 Å². The van der Waals surface area contributed by atoms with Gasteiger partial charge in [-0.15, -0.1) is 0 Å². The van der Waals surface area contributed by atoms with Crippen LogP contribution in [-0.4, -0.2) is 23.2 Å². The predicted molar refractivity (Wildman–Crippen MR) is 88.3 cm³/mol. The van der Waals surface area contributed by atoms with Crippen LogP contribution in [0, 0.1) is 17.3 Å². The number of amides is 1. The van der Waals surface area contributed by atoms with Gasteiger partial charge in [0.2, 0.25) is 5.91 Å². The maximum absolute atomic E-state index is 13.0. The molecule has 0 aliphatic heterocycles. The van der Waals surface area contributed by atoms with E-state index in [-0.39, 0.29) is 11.3 Å². The molecule has 0 spiro atoms. The number of ether oxygens (including phenoxy) is 1. The van der Waals surface area contributed by atoms with Crippen molar-refractivity contribution in [2.24, 2.45) is 17.3 Å². The first-order valence-corrected chi connectivity index (χ1v) is 8.77. The number of carbonyl (C=O) groups excluding carboxylic acids is 1. The molecule has 4 fully saturated rings. The minimum atomic E-state index is -0.597. The van der Waals surface area contributed by atoms with Crippen molar-refractivity contribution in [2.45, 2.75) is 51.0 Å². The van der Waals surface area contributed by atoms with Crippen LogP contribution >= 0.6 is 0 Å². The highest BCUT2D eigenvalue weighted by Gasteiger charge is 2.60. The van der Waals surface area contributed by atoms with Gasteiger partial charge < -0.3 is 15.2 Å². The van der Waals surface area contributed by atoms with Gasteiger partial charge in [-0.05, 0) is 81.5 Å². The van der Waals surface area contributed by atoms with Crippen LogP contribution in [0.25, 0.3) is 0 Å². The number of hydrogen-bond donors (Lipinski definition) is 2. The molecular weight excluding hydrogens is 290 g/mol. The molecule has 1 aromatic carbocycles. The minimum absolute atomic E-state index is 0.0918. The number of anilines is 1. The summed E-state index contributed by atoms with van der Waals surface area (Å²) in [6.07, 6.45) is 5.49. The lowest BCUT2D eigenvalue weighted by Crippen LogP contribution is -2.59. The molecule has 4 heteroatoms. The normalized spacial score (nSPS) is 37.7. The van der Waals surface area contributed by atoms with Crippen molar-refractivity contribution in [3.63, 3.8) is 0 Å². The van der Waals surface area contributed by atoms with Crippen LogP contribution in [0.15, 0.2) is 24.3 Å². The van der Waals surface area contributed by atoms with Gasteiger partial charge in [0, 0.05) is 5.69 Å². The zero-order valence-electron chi connectivity index (χ0n) is 13.7. The Morgan fingerprint density at radius 1 is 1.22 bits per heavy atom. The Labute approximate surface area is 137 Å². The van der Waals surface area contributed by atoms with E-state index in [1.54, 1.807) is 0 Å². The lowest BCUT2D eigenvalue weighted by molar-refractivity contribution is -0.174. The summed E-state index contributed by atoms with van der Waals surface area (Å²) in [5, 5.41) is 13.9. The number of rotatable bonds is 4. The average Bonchev–Trinajstić information content (AvgIpc) is 2.47. The summed E-state index contributed by atoms with van der Waals surface area (Å²) in [4.78, 5) is 13.0. The molecule has 4 aliphatic carbocycles. The topological polar surface area (TPSA) is 58.6 Å². The molecule has 0 unspecified atom stereocenters. The fraction of sp³-hybridized carbons (Fsp3) is 0.632. The fourth-order valence-electron chi connectivity index (χ4n) is 5.54. The minimum Gasteiger partial charge on any atom is -0.494 e. The van der Waals surface area contributed by atoms with E-state index < -0.39 is 5.60 Å². The van der Waals surface area contributed by atoms with Crippen molar-refractivity contribution < 1.29 is 14.6 Å². The van der Waals surface area contributed by atoms with Gasteiger partial charge in [0.15, 0.2) is 0 Å². The summed E-state index contributed by atoms with van der Waals surface area (Å²) in [6, 6.07) is 7.54. The van der Waals surface area contributed by atoms with Gasteiger partial charge in [0.25, 0.3) is 0 Å². The van der Waals surface area contributed by atoms with E-state index >= 15 is 0 Å². The SMILES string of the molecule is CCOc1ccc(NC(=O)C23C[C@@H]4C[C@H](CC(O)(C4)C2)C3)cc1. The zero-order valence-corrected chi connectivity index (χ0v) is 13.7. The molecule has 0 saturated heterocycles. The quantitative estimate of drug-likeness (QED) is 0.896. The van der Waals surface area contributed by atoms with Gasteiger partial charge in [-0.3, -0.25) is 4.79 Å². The molecule has 1 amide bonds. The molecule has 0 radical (unpaired) electrons. The number of benzene rings is 1. The first-order valence-electron chi connectivity index (χ1n) is 8.77. The Morgan fingerprint density at radius 2 is 1.87 bits per heavy atom. The highest BCUT2D eigenvalue weighted by Crippen LogP contribution is 2.61. The van der Waals surface area contributed by atoms with E-state index in [2.05, 4.69) is 5.32 Å². The second-order valence-corrected chi connectivity index (χ2v) is 7.88. The number of carbonyl (C=O) groups is 1. The Morgan fingerprint density at radius 3 is 2.43 bits per heavy atom. The van der Waals surface area contributed by atoms with Crippen LogP contribution in [0.2, 0.25) is 0 Å². The van der Waals surface area contributed by atoms with Crippen LogP contribution in [0.5, 0.6) is 5.75 Å². The fourth-order valence-corrected chi connectivity index (χ4v) is 5.54. The third-order valence-electron chi connectivity index (χ3n) is 5.94. The largest absolute Gasteiger partial charge is 0.494 e. The molecule has 23 heavy (non-hydrogen) atoms. The lowest BCUT2D eigenvalue weighted by atomic mass is 9.47.